The number of nitrogens with zero attached hydrogens (tertiary/aromatic N) is 2. The molecular weight excluding hydrogens is 241 g/mol. The first-order chi connectivity index (χ1) is 9.22. The smallest absolute Gasteiger partial charge is 0.127 e. The van der Waals surface area contributed by atoms with Crippen molar-refractivity contribution in [3.8, 4) is 0 Å². The molecule has 1 unspecified atom stereocenters. The molecule has 19 heavy (non-hydrogen) atoms. The minimum Gasteiger partial charge on any atom is -0.399 e. The maximum atomic E-state index is 13.4. The highest BCUT2D eigenvalue weighted by Crippen LogP contribution is 2.27. The number of likely N-dealkylation sites (tertiary alicyclic amines) is 1. The van der Waals surface area contributed by atoms with Crippen molar-refractivity contribution in [2.24, 2.45) is 0 Å². The number of halogens is 1. The summed E-state index contributed by atoms with van der Waals surface area (Å²) in [5, 5.41) is 0. The zero-order valence-electron chi connectivity index (χ0n) is 11.3. The monoisotopic (exact) mass is 263 g/mol. The summed E-state index contributed by atoms with van der Waals surface area (Å²) in [5.74, 6) is -0.239. The molecule has 2 heterocycles. The van der Waals surface area contributed by atoms with E-state index in [-0.39, 0.29) is 5.82 Å². The first kappa shape index (κ1) is 12.7. The highest BCUT2D eigenvalue weighted by atomic mass is 19.1. The van der Waals surface area contributed by atoms with E-state index in [4.69, 9.17) is 5.73 Å². The van der Waals surface area contributed by atoms with E-state index in [0.717, 1.165) is 18.8 Å². The zero-order chi connectivity index (χ0) is 13.2. The van der Waals surface area contributed by atoms with Crippen molar-refractivity contribution in [2.45, 2.75) is 31.7 Å². The molecule has 0 amide bonds. The molecule has 4 heteroatoms. The highest BCUT2D eigenvalue weighted by molar-refractivity contribution is 5.57. The topological polar surface area (TPSA) is 32.5 Å². The molecule has 0 radical (unpaired) electrons. The number of hydrogen-bond donors (Lipinski definition) is 1. The van der Waals surface area contributed by atoms with Gasteiger partial charge in [0.1, 0.15) is 5.82 Å². The summed E-state index contributed by atoms with van der Waals surface area (Å²) in [6.45, 7) is 4.46. The van der Waals surface area contributed by atoms with Crippen molar-refractivity contribution >= 4 is 11.4 Å². The first-order valence-corrected chi connectivity index (χ1v) is 7.27. The Kier molecular flexibility index (Phi) is 3.60. The largest absolute Gasteiger partial charge is 0.399 e. The lowest BCUT2D eigenvalue weighted by atomic mass is 10.1. The van der Waals surface area contributed by atoms with Gasteiger partial charge in [0.2, 0.25) is 0 Å². The Balaban J connectivity index is 1.67. The zero-order valence-corrected chi connectivity index (χ0v) is 11.3. The Morgan fingerprint density at radius 2 is 1.84 bits per heavy atom. The third kappa shape index (κ3) is 2.84. The van der Waals surface area contributed by atoms with Gasteiger partial charge in [-0.15, -0.1) is 0 Å². The van der Waals surface area contributed by atoms with Crippen molar-refractivity contribution in [1.82, 2.24) is 4.90 Å². The molecule has 0 saturated carbocycles. The molecule has 0 spiro atoms. The van der Waals surface area contributed by atoms with Crippen LogP contribution in [0.3, 0.4) is 0 Å². The number of rotatable bonds is 2. The van der Waals surface area contributed by atoms with Crippen LogP contribution < -0.4 is 10.6 Å². The van der Waals surface area contributed by atoms with E-state index in [9.17, 15) is 4.39 Å². The Morgan fingerprint density at radius 1 is 1.05 bits per heavy atom. The lowest BCUT2D eigenvalue weighted by molar-refractivity contribution is 0.175. The summed E-state index contributed by atoms with van der Waals surface area (Å²) < 4.78 is 13.4. The minimum atomic E-state index is -0.239. The number of nitrogens with two attached hydrogens (primary N) is 1. The molecule has 2 fully saturated rings. The Bertz CT molecular complexity index is 423. The third-order valence-electron chi connectivity index (χ3n) is 4.34. The van der Waals surface area contributed by atoms with Gasteiger partial charge < -0.3 is 10.6 Å². The van der Waals surface area contributed by atoms with E-state index in [2.05, 4.69) is 9.80 Å². The van der Waals surface area contributed by atoms with Crippen molar-refractivity contribution in [1.29, 1.82) is 0 Å². The van der Waals surface area contributed by atoms with Crippen LogP contribution in [0.4, 0.5) is 15.8 Å². The van der Waals surface area contributed by atoms with Crippen LogP contribution in [0.15, 0.2) is 18.2 Å². The fourth-order valence-electron chi connectivity index (χ4n) is 3.34. The van der Waals surface area contributed by atoms with E-state index in [1.165, 1.54) is 44.8 Å². The number of nitrogen functional groups attached to an aromatic ring is 1. The Labute approximate surface area is 114 Å². The summed E-state index contributed by atoms with van der Waals surface area (Å²) in [4.78, 5) is 4.87. The maximum absolute atomic E-state index is 13.4. The highest BCUT2D eigenvalue weighted by Gasteiger charge is 2.28. The van der Waals surface area contributed by atoms with Crippen LogP contribution in [0.25, 0.3) is 0 Å². The fourth-order valence-corrected chi connectivity index (χ4v) is 3.34. The SMILES string of the molecule is Nc1cc(F)cc(N2CCC(N3CCCCC3)C2)c1. The van der Waals surface area contributed by atoms with Gasteiger partial charge in [-0.3, -0.25) is 4.90 Å². The van der Waals surface area contributed by atoms with Crippen LogP contribution in [0, 0.1) is 5.82 Å². The van der Waals surface area contributed by atoms with Gasteiger partial charge in [0.25, 0.3) is 0 Å². The number of anilines is 2. The molecule has 0 aliphatic carbocycles. The summed E-state index contributed by atoms with van der Waals surface area (Å²) in [6.07, 6.45) is 5.19. The summed E-state index contributed by atoms with van der Waals surface area (Å²) in [5.41, 5.74) is 7.17. The lowest BCUT2D eigenvalue weighted by Gasteiger charge is -2.32. The predicted octanol–water partition coefficient (Wildman–Crippen LogP) is 2.47. The van der Waals surface area contributed by atoms with Gasteiger partial charge in [0.05, 0.1) is 0 Å². The molecule has 3 nitrogen and oxygen atoms in total. The predicted molar refractivity (Wildman–Crippen MR) is 76.9 cm³/mol. The average Bonchev–Trinajstić information content (AvgIpc) is 2.88. The normalized spacial score (nSPS) is 24.9. The van der Waals surface area contributed by atoms with Crippen LogP contribution in [0.2, 0.25) is 0 Å². The van der Waals surface area contributed by atoms with Crippen LogP contribution in [-0.2, 0) is 0 Å². The second-order valence-corrected chi connectivity index (χ2v) is 5.73. The van der Waals surface area contributed by atoms with Crippen molar-refractivity contribution in [3.63, 3.8) is 0 Å². The molecule has 2 N–H and O–H groups in total. The van der Waals surface area contributed by atoms with Gasteiger partial charge in [-0.25, -0.2) is 4.39 Å². The molecule has 0 aromatic heterocycles. The second kappa shape index (κ2) is 5.37. The molecule has 0 bridgehead atoms. The van der Waals surface area contributed by atoms with Gasteiger partial charge in [-0.1, -0.05) is 6.42 Å². The summed E-state index contributed by atoms with van der Waals surface area (Å²) in [6, 6.07) is 5.47. The molecule has 2 saturated heterocycles. The van der Waals surface area contributed by atoms with E-state index in [1.54, 1.807) is 6.07 Å². The first-order valence-electron chi connectivity index (χ1n) is 7.27. The van der Waals surface area contributed by atoms with E-state index in [0.29, 0.717) is 11.7 Å². The van der Waals surface area contributed by atoms with Crippen molar-refractivity contribution < 1.29 is 4.39 Å². The molecule has 104 valence electrons. The van der Waals surface area contributed by atoms with Crippen molar-refractivity contribution in [2.75, 3.05) is 36.8 Å². The van der Waals surface area contributed by atoms with Crippen LogP contribution >= 0.6 is 0 Å². The molecule has 2 aliphatic heterocycles. The standard InChI is InChI=1S/C15H22FN3/c16-12-8-13(17)10-15(9-12)19-7-4-14(11-19)18-5-2-1-3-6-18/h8-10,14H,1-7,11,17H2. The summed E-state index contributed by atoms with van der Waals surface area (Å²) in [7, 11) is 0. The van der Waals surface area contributed by atoms with Crippen molar-refractivity contribution in [3.05, 3.63) is 24.0 Å². The van der Waals surface area contributed by atoms with Crippen LogP contribution in [-0.4, -0.2) is 37.1 Å². The van der Waals surface area contributed by atoms with E-state index >= 15 is 0 Å². The number of hydrogen-bond acceptors (Lipinski definition) is 3. The molecule has 2 aliphatic rings. The Hall–Kier alpha value is -1.29. The van der Waals surface area contributed by atoms with E-state index < -0.39 is 0 Å². The maximum Gasteiger partial charge on any atom is 0.127 e. The van der Waals surface area contributed by atoms with E-state index in [1.807, 2.05) is 6.07 Å². The molecule has 1 aromatic carbocycles. The van der Waals surface area contributed by atoms with Crippen LogP contribution in [0.1, 0.15) is 25.7 Å². The molecule has 3 rings (SSSR count). The van der Waals surface area contributed by atoms with Crippen LogP contribution in [0.5, 0.6) is 0 Å². The number of piperidine rings is 1. The lowest BCUT2D eigenvalue weighted by Crippen LogP contribution is -2.40. The molecular formula is C15H22FN3. The average molecular weight is 263 g/mol. The fraction of sp³-hybridized carbons (Fsp3) is 0.600. The quantitative estimate of drug-likeness (QED) is 0.832. The Morgan fingerprint density at radius 3 is 2.58 bits per heavy atom. The van der Waals surface area contributed by atoms with Gasteiger partial charge in [0.15, 0.2) is 0 Å². The molecule has 1 aromatic rings. The van der Waals surface area contributed by atoms with Gasteiger partial charge in [0, 0.05) is 30.5 Å². The molecule has 1 atom stereocenters. The van der Waals surface area contributed by atoms with Gasteiger partial charge in [-0.05, 0) is 50.6 Å². The second-order valence-electron chi connectivity index (χ2n) is 5.73. The van der Waals surface area contributed by atoms with Gasteiger partial charge in [-0.2, -0.15) is 0 Å². The number of benzene rings is 1. The summed E-state index contributed by atoms with van der Waals surface area (Å²) >= 11 is 0. The third-order valence-corrected chi connectivity index (χ3v) is 4.34. The minimum absolute atomic E-state index is 0.239. The van der Waals surface area contributed by atoms with Gasteiger partial charge >= 0.3 is 0 Å².